The summed E-state index contributed by atoms with van der Waals surface area (Å²) in [5.41, 5.74) is 3.67. The van der Waals surface area contributed by atoms with Gasteiger partial charge in [-0.3, -0.25) is 10.1 Å². The lowest BCUT2D eigenvalue weighted by Gasteiger charge is -2.09. The zero-order valence-corrected chi connectivity index (χ0v) is 14.8. The summed E-state index contributed by atoms with van der Waals surface area (Å²) in [5.74, 6) is 0.318. The van der Waals surface area contributed by atoms with E-state index in [1.807, 2.05) is 25.1 Å². The first kappa shape index (κ1) is 19.3. The third kappa shape index (κ3) is 5.25. The highest BCUT2D eigenvalue weighted by atomic mass is 16.6. The number of azo groups is 1. The van der Waals surface area contributed by atoms with Crippen LogP contribution in [0.15, 0.2) is 46.6 Å². The molecule has 26 heavy (non-hydrogen) atoms. The number of ether oxygens (including phenoxy) is 1. The highest BCUT2D eigenvalue weighted by Gasteiger charge is 2.10. The van der Waals surface area contributed by atoms with E-state index in [4.69, 9.17) is 9.84 Å². The number of rotatable bonds is 9. The maximum atomic E-state index is 10.8. The van der Waals surface area contributed by atoms with Crippen molar-refractivity contribution >= 4 is 17.1 Å². The summed E-state index contributed by atoms with van der Waals surface area (Å²) in [5, 5.41) is 31.0. The Morgan fingerprint density at radius 2 is 2.08 bits per heavy atom. The lowest BCUT2D eigenvalue weighted by molar-refractivity contribution is -0.384. The summed E-state index contributed by atoms with van der Waals surface area (Å²) in [6.45, 7) is 3.12. The Morgan fingerprint density at radius 1 is 1.27 bits per heavy atom. The molecule has 0 atom stereocenters. The number of methoxy groups -OCH3 is 1. The van der Waals surface area contributed by atoms with Crippen LogP contribution in [0, 0.1) is 17.0 Å². The van der Waals surface area contributed by atoms with Gasteiger partial charge in [-0.15, -0.1) is 0 Å². The SMILES string of the molecule is COc1cc([N+](=O)[O-])ccc1N=NCCc1ccc(NCCO)cc1C. The summed E-state index contributed by atoms with van der Waals surface area (Å²) in [6, 6.07) is 10.2. The number of benzene rings is 2. The molecule has 0 spiro atoms. The highest BCUT2D eigenvalue weighted by Crippen LogP contribution is 2.31. The Bertz CT molecular complexity index is 793. The van der Waals surface area contributed by atoms with Gasteiger partial charge in [0.1, 0.15) is 5.69 Å². The molecule has 0 heterocycles. The number of nitro benzene ring substituents is 1. The largest absolute Gasteiger partial charge is 0.494 e. The molecule has 0 fully saturated rings. The summed E-state index contributed by atoms with van der Waals surface area (Å²) < 4.78 is 5.13. The Hall–Kier alpha value is -3.00. The second-order valence-electron chi connectivity index (χ2n) is 5.62. The van der Waals surface area contributed by atoms with Gasteiger partial charge in [0.05, 0.1) is 31.3 Å². The van der Waals surface area contributed by atoms with Crippen molar-refractivity contribution in [2.75, 3.05) is 32.1 Å². The van der Waals surface area contributed by atoms with Crippen LogP contribution >= 0.6 is 0 Å². The minimum atomic E-state index is -0.481. The first-order valence-corrected chi connectivity index (χ1v) is 8.19. The van der Waals surface area contributed by atoms with E-state index >= 15 is 0 Å². The maximum absolute atomic E-state index is 10.8. The summed E-state index contributed by atoms with van der Waals surface area (Å²) in [4.78, 5) is 10.3. The molecule has 2 rings (SSSR count). The molecule has 8 nitrogen and oxygen atoms in total. The number of nitrogens with zero attached hydrogens (tertiary/aromatic N) is 3. The van der Waals surface area contributed by atoms with Crippen molar-refractivity contribution < 1.29 is 14.8 Å². The van der Waals surface area contributed by atoms with Crippen LogP contribution in [0.4, 0.5) is 17.1 Å². The normalized spacial score (nSPS) is 10.9. The molecule has 8 heteroatoms. The van der Waals surface area contributed by atoms with Crippen molar-refractivity contribution in [3.8, 4) is 5.75 Å². The molecule has 0 radical (unpaired) electrons. The molecule has 138 valence electrons. The van der Waals surface area contributed by atoms with E-state index in [0.29, 0.717) is 24.5 Å². The molecule has 2 aromatic carbocycles. The van der Waals surface area contributed by atoms with Gasteiger partial charge in [0, 0.05) is 18.3 Å². The molecule has 0 aliphatic carbocycles. The van der Waals surface area contributed by atoms with Crippen LogP contribution < -0.4 is 10.1 Å². The number of aliphatic hydroxyl groups is 1. The number of non-ortho nitro benzene ring substituents is 1. The molecule has 2 aromatic rings. The first-order valence-electron chi connectivity index (χ1n) is 8.19. The number of hydrogen-bond donors (Lipinski definition) is 2. The van der Waals surface area contributed by atoms with E-state index < -0.39 is 4.92 Å². The number of anilines is 1. The highest BCUT2D eigenvalue weighted by molar-refractivity contribution is 5.56. The zero-order chi connectivity index (χ0) is 18.9. The lowest BCUT2D eigenvalue weighted by atomic mass is 10.1. The van der Waals surface area contributed by atoms with Crippen LogP contribution in [0.5, 0.6) is 5.75 Å². The lowest BCUT2D eigenvalue weighted by Crippen LogP contribution is -2.05. The van der Waals surface area contributed by atoms with Gasteiger partial charge in [-0.2, -0.15) is 10.2 Å². The van der Waals surface area contributed by atoms with Gasteiger partial charge in [0.15, 0.2) is 5.75 Å². The third-order valence-electron chi connectivity index (χ3n) is 3.82. The van der Waals surface area contributed by atoms with Gasteiger partial charge in [0.2, 0.25) is 0 Å². The third-order valence-corrected chi connectivity index (χ3v) is 3.82. The Morgan fingerprint density at radius 3 is 2.73 bits per heavy atom. The topological polar surface area (TPSA) is 109 Å². The molecule has 0 saturated carbocycles. The van der Waals surface area contributed by atoms with Crippen LogP contribution in [0.2, 0.25) is 0 Å². The molecular formula is C18H22N4O4. The predicted octanol–water partition coefficient (Wildman–Crippen LogP) is 3.64. The second kappa shape index (κ2) is 9.47. The monoisotopic (exact) mass is 358 g/mol. The summed E-state index contributed by atoms with van der Waals surface area (Å²) in [6.07, 6.45) is 0.727. The fourth-order valence-electron chi connectivity index (χ4n) is 2.45. The molecular weight excluding hydrogens is 336 g/mol. The van der Waals surface area contributed by atoms with Crippen LogP contribution in [-0.2, 0) is 6.42 Å². The second-order valence-corrected chi connectivity index (χ2v) is 5.62. The van der Waals surface area contributed by atoms with Gasteiger partial charge < -0.3 is 15.2 Å². The van der Waals surface area contributed by atoms with Crippen molar-refractivity contribution in [3.63, 3.8) is 0 Å². The molecule has 0 aliphatic heterocycles. The molecule has 0 bridgehead atoms. The van der Waals surface area contributed by atoms with E-state index in [9.17, 15) is 10.1 Å². The number of nitro groups is 1. The Kier molecular flexibility index (Phi) is 7.04. The fraction of sp³-hybridized carbons (Fsp3) is 0.333. The fourth-order valence-corrected chi connectivity index (χ4v) is 2.45. The van der Waals surface area contributed by atoms with Gasteiger partial charge in [-0.05, 0) is 42.7 Å². The van der Waals surface area contributed by atoms with Gasteiger partial charge in [0.25, 0.3) is 5.69 Å². The molecule has 0 saturated heterocycles. The van der Waals surface area contributed by atoms with E-state index in [1.54, 1.807) is 0 Å². The van der Waals surface area contributed by atoms with Gasteiger partial charge in [-0.1, -0.05) is 6.07 Å². The average Bonchev–Trinajstić information content (AvgIpc) is 2.64. The van der Waals surface area contributed by atoms with E-state index in [1.165, 1.54) is 25.3 Å². The quantitative estimate of drug-likeness (QED) is 0.404. The van der Waals surface area contributed by atoms with Crippen LogP contribution in [0.1, 0.15) is 11.1 Å². The molecule has 0 amide bonds. The van der Waals surface area contributed by atoms with Crippen LogP contribution in [0.3, 0.4) is 0 Å². The summed E-state index contributed by atoms with van der Waals surface area (Å²) in [7, 11) is 1.44. The number of aliphatic hydroxyl groups excluding tert-OH is 1. The standard InChI is InChI=1S/C18H22N4O4/c1-13-11-15(19-9-10-23)4-3-14(13)7-8-20-21-17-6-5-16(22(24)25)12-18(17)26-2/h3-6,11-12,19,23H,7-10H2,1-2H3. The van der Waals surface area contributed by atoms with Crippen molar-refractivity contribution in [3.05, 3.63) is 57.6 Å². The van der Waals surface area contributed by atoms with Crippen molar-refractivity contribution in [1.29, 1.82) is 0 Å². The molecule has 2 N–H and O–H groups in total. The van der Waals surface area contributed by atoms with Crippen molar-refractivity contribution in [1.82, 2.24) is 0 Å². The molecule has 0 aliphatic rings. The first-order chi connectivity index (χ1) is 12.5. The Balaban J connectivity index is 1.98. The van der Waals surface area contributed by atoms with E-state index in [2.05, 4.69) is 15.5 Å². The number of hydrogen-bond acceptors (Lipinski definition) is 7. The number of nitrogens with one attached hydrogen (secondary N) is 1. The maximum Gasteiger partial charge on any atom is 0.273 e. The van der Waals surface area contributed by atoms with Gasteiger partial charge in [-0.25, -0.2) is 0 Å². The minimum absolute atomic E-state index is 0.0497. The number of aryl methyl sites for hydroxylation is 1. The average molecular weight is 358 g/mol. The molecule has 0 unspecified atom stereocenters. The molecule has 0 aromatic heterocycles. The van der Waals surface area contributed by atoms with Gasteiger partial charge >= 0.3 is 0 Å². The van der Waals surface area contributed by atoms with Crippen molar-refractivity contribution in [2.45, 2.75) is 13.3 Å². The van der Waals surface area contributed by atoms with E-state index in [0.717, 1.165) is 23.2 Å². The van der Waals surface area contributed by atoms with E-state index in [-0.39, 0.29) is 12.3 Å². The predicted molar refractivity (Wildman–Crippen MR) is 99.5 cm³/mol. The Labute approximate surface area is 151 Å². The summed E-state index contributed by atoms with van der Waals surface area (Å²) >= 11 is 0. The van der Waals surface area contributed by atoms with Crippen LogP contribution in [-0.4, -0.2) is 36.8 Å². The minimum Gasteiger partial charge on any atom is -0.494 e. The van der Waals surface area contributed by atoms with Crippen LogP contribution in [0.25, 0.3) is 0 Å². The smallest absolute Gasteiger partial charge is 0.273 e. The van der Waals surface area contributed by atoms with Crippen molar-refractivity contribution in [2.24, 2.45) is 10.2 Å². The zero-order valence-electron chi connectivity index (χ0n) is 14.8.